The molecule has 3 rings (SSSR count). The maximum absolute atomic E-state index is 12.8. The van der Waals surface area contributed by atoms with E-state index in [-0.39, 0.29) is 5.91 Å². The molecular weight excluding hydrogens is 328 g/mol. The Morgan fingerprint density at radius 1 is 0.962 bits per heavy atom. The maximum Gasteiger partial charge on any atom is 0.321 e. The third kappa shape index (κ3) is 4.21. The highest BCUT2D eigenvalue weighted by molar-refractivity contribution is 5.96. The van der Waals surface area contributed by atoms with Crippen molar-refractivity contribution in [2.45, 2.75) is 6.04 Å². The molecule has 2 aromatic carbocycles. The minimum atomic E-state index is -0.474. The number of hydrogen-bond donors (Lipinski definition) is 3. The quantitative estimate of drug-likeness (QED) is 0.754. The zero-order chi connectivity index (χ0) is 18.4. The van der Waals surface area contributed by atoms with E-state index < -0.39 is 12.1 Å². The van der Waals surface area contributed by atoms with Gasteiger partial charge < -0.3 is 15.1 Å². The molecule has 1 atom stereocenters. The van der Waals surface area contributed by atoms with Gasteiger partial charge in [0, 0.05) is 18.3 Å². The van der Waals surface area contributed by atoms with Gasteiger partial charge in [0.25, 0.3) is 5.91 Å². The third-order valence-corrected chi connectivity index (χ3v) is 4.79. The molecule has 0 aromatic heterocycles. The van der Waals surface area contributed by atoms with Crippen LogP contribution in [0.3, 0.4) is 0 Å². The molecule has 1 aliphatic heterocycles. The second-order valence-corrected chi connectivity index (χ2v) is 6.39. The summed E-state index contributed by atoms with van der Waals surface area (Å²) in [4.78, 5) is 27.9. The Hall–Kier alpha value is -2.86. The van der Waals surface area contributed by atoms with Gasteiger partial charge in [-0.3, -0.25) is 10.1 Å². The Morgan fingerprint density at radius 2 is 1.54 bits per heavy atom. The lowest BCUT2D eigenvalue weighted by Crippen LogP contribution is -3.16. The summed E-state index contributed by atoms with van der Waals surface area (Å²) in [7, 11) is 1.51. The predicted molar refractivity (Wildman–Crippen MR) is 101 cm³/mol. The average Bonchev–Trinajstić information content (AvgIpc) is 2.70. The van der Waals surface area contributed by atoms with Gasteiger partial charge in [-0.25, -0.2) is 4.79 Å². The van der Waals surface area contributed by atoms with Crippen LogP contribution in [-0.2, 0) is 4.79 Å². The van der Waals surface area contributed by atoms with Crippen molar-refractivity contribution in [1.82, 2.24) is 10.6 Å². The second kappa shape index (κ2) is 8.49. The first-order valence-electron chi connectivity index (χ1n) is 8.91. The summed E-state index contributed by atoms with van der Waals surface area (Å²) in [6.07, 6.45) is 0. The number of carbonyl (C=O) groups excluding carboxylic acids is 2. The lowest BCUT2D eigenvalue weighted by molar-refractivity contribution is -0.922. The number of imide groups is 1. The fraction of sp³-hybridized carbons (Fsp3) is 0.300. The van der Waals surface area contributed by atoms with Crippen LogP contribution in [-0.4, -0.2) is 45.2 Å². The molecule has 6 heteroatoms. The summed E-state index contributed by atoms with van der Waals surface area (Å²) in [6.45, 7) is 3.40. The number of urea groups is 1. The number of piperazine rings is 1. The molecule has 0 unspecified atom stereocenters. The minimum absolute atomic E-state index is 0.265. The van der Waals surface area contributed by atoms with Gasteiger partial charge >= 0.3 is 6.03 Å². The molecule has 3 amide bonds. The number of nitrogens with one attached hydrogen (secondary N) is 3. The number of hydrogen-bond acceptors (Lipinski definition) is 3. The van der Waals surface area contributed by atoms with Crippen LogP contribution < -0.4 is 20.4 Å². The van der Waals surface area contributed by atoms with E-state index in [9.17, 15) is 9.59 Å². The summed E-state index contributed by atoms with van der Waals surface area (Å²) in [6, 6.07) is 19.1. The van der Waals surface area contributed by atoms with E-state index in [1.54, 1.807) is 0 Å². The number of quaternary nitrogens is 1. The van der Waals surface area contributed by atoms with Crippen molar-refractivity contribution < 1.29 is 14.5 Å². The van der Waals surface area contributed by atoms with Crippen molar-refractivity contribution in [3.8, 4) is 0 Å². The van der Waals surface area contributed by atoms with E-state index >= 15 is 0 Å². The number of amides is 3. The van der Waals surface area contributed by atoms with Crippen LogP contribution in [0.4, 0.5) is 10.5 Å². The number of anilines is 1. The molecule has 26 heavy (non-hydrogen) atoms. The molecule has 2 aromatic rings. The zero-order valence-corrected chi connectivity index (χ0v) is 14.9. The number of carbonyl (C=O) groups is 2. The summed E-state index contributed by atoms with van der Waals surface area (Å²) >= 11 is 0. The van der Waals surface area contributed by atoms with E-state index in [2.05, 4.69) is 27.7 Å². The molecule has 136 valence electrons. The fourth-order valence-electron chi connectivity index (χ4n) is 3.44. The molecule has 0 bridgehead atoms. The number of para-hydroxylation sites is 1. The van der Waals surface area contributed by atoms with E-state index in [0.717, 1.165) is 31.7 Å². The average molecular weight is 353 g/mol. The van der Waals surface area contributed by atoms with Crippen molar-refractivity contribution in [2.75, 3.05) is 38.1 Å². The smallest absolute Gasteiger partial charge is 0.321 e. The van der Waals surface area contributed by atoms with Gasteiger partial charge in [-0.05, 0) is 12.1 Å². The summed E-state index contributed by atoms with van der Waals surface area (Å²) in [5.41, 5.74) is 2.13. The topological polar surface area (TPSA) is 65.9 Å². The van der Waals surface area contributed by atoms with Crippen LogP contribution in [0, 0.1) is 0 Å². The van der Waals surface area contributed by atoms with Gasteiger partial charge in [0.15, 0.2) is 6.04 Å². The lowest BCUT2D eigenvalue weighted by atomic mass is 10.0. The van der Waals surface area contributed by atoms with Crippen molar-refractivity contribution in [3.05, 3.63) is 66.2 Å². The van der Waals surface area contributed by atoms with Crippen LogP contribution in [0.15, 0.2) is 60.7 Å². The zero-order valence-electron chi connectivity index (χ0n) is 14.9. The predicted octanol–water partition coefficient (Wildman–Crippen LogP) is 0.588. The molecule has 0 saturated carbocycles. The van der Waals surface area contributed by atoms with Gasteiger partial charge in [0.05, 0.1) is 26.2 Å². The summed E-state index contributed by atoms with van der Waals surface area (Å²) in [5, 5.41) is 4.89. The van der Waals surface area contributed by atoms with Crippen LogP contribution in [0.1, 0.15) is 11.6 Å². The monoisotopic (exact) mass is 353 g/mol. The van der Waals surface area contributed by atoms with Crippen LogP contribution in [0.2, 0.25) is 0 Å². The molecule has 1 fully saturated rings. The van der Waals surface area contributed by atoms with Gasteiger partial charge in [-0.1, -0.05) is 48.5 Å². The van der Waals surface area contributed by atoms with Crippen molar-refractivity contribution in [3.63, 3.8) is 0 Å². The van der Waals surface area contributed by atoms with E-state index in [1.165, 1.54) is 17.6 Å². The van der Waals surface area contributed by atoms with Gasteiger partial charge in [0.2, 0.25) is 0 Å². The van der Waals surface area contributed by atoms with Gasteiger partial charge in [0.1, 0.15) is 0 Å². The molecule has 1 aliphatic rings. The highest BCUT2D eigenvalue weighted by atomic mass is 16.2. The highest BCUT2D eigenvalue weighted by Gasteiger charge is 2.34. The van der Waals surface area contributed by atoms with Crippen LogP contribution >= 0.6 is 0 Å². The van der Waals surface area contributed by atoms with Crippen molar-refractivity contribution >= 4 is 17.6 Å². The summed E-state index contributed by atoms with van der Waals surface area (Å²) < 4.78 is 0. The first kappa shape index (κ1) is 17.9. The van der Waals surface area contributed by atoms with Crippen LogP contribution in [0.25, 0.3) is 0 Å². The highest BCUT2D eigenvalue weighted by Crippen LogP contribution is 2.14. The maximum atomic E-state index is 12.8. The first-order valence-corrected chi connectivity index (χ1v) is 8.91. The largest absolute Gasteiger partial charge is 0.360 e. The van der Waals surface area contributed by atoms with Gasteiger partial charge in [-0.15, -0.1) is 0 Å². The first-order chi connectivity index (χ1) is 12.7. The Balaban J connectivity index is 1.74. The van der Waals surface area contributed by atoms with Gasteiger partial charge in [-0.2, -0.15) is 0 Å². The normalized spacial score (nSPS) is 16.0. The summed E-state index contributed by atoms with van der Waals surface area (Å²) in [5.74, 6) is -0.265. The third-order valence-electron chi connectivity index (χ3n) is 4.79. The molecule has 3 N–H and O–H groups in total. The van der Waals surface area contributed by atoms with E-state index in [4.69, 9.17) is 0 Å². The molecule has 0 aliphatic carbocycles. The molecular formula is C20H25N4O2+. The SMILES string of the molecule is CNC(=O)NC(=O)[C@H](c1ccccc1)[NH+]1CCN(c2ccccc2)CC1. The van der Waals surface area contributed by atoms with Crippen molar-refractivity contribution in [2.24, 2.45) is 0 Å². The molecule has 0 spiro atoms. The Kier molecular flexibility index (Phi) is 5.86. The molecule has 1 heterocycles. The Morgan fingerprint density at radius 3 is 2.12 bits per heavy atom. The number of benzene rings is 2. The standard InChI is InChI=1S/C20H24N4O2/c1-21-20(26)22-19(25)18(16-8-4-2-5-9-16)24-14-12-23(13-15-24)17-10-6-3-7-11-17/h2-11,18H,12-15H2,1H3,(H2,21,22,25,26)/p+1/t18-/m0/s1. The number of nitrogens with zero attached hydrogens (tertiary/aromatic N) is 1. The fourth-order valence-corrected chi connectivity index (χ4v) is 3.44. The van der Waals surface area contributed by atoms with Crippen LogP contribution in [0.5, 0.6) is 0 Å². The number of rotatable bonds is 4. The van der Waals surface area contributed by atoms with E-state index in [1.807, 2.05) is 48.5 Å². The molecule has 1 saturated heterocycles. The minimum Gasteiger partial charge on any atom is -0.360 e. The molecule has 6 nitrogen and oxygen atoms in total. The Bertz CT molecular complexity index is 728. The Labute approximate surface area is 153 Å². The van der Waals surface area contributed by atoms with Crippen molar-refractivity contribution in [1.29, 1.82) is 0 Å². The second-order valence-electron chi connectivity index (χ2n) is 6.39. The lowest BCUT2D eigenvalue weighted by Gasteiger charge is -2.37. The molecule has 0 radical (unpaired) electrons. The van der Waals surface area contributed by atoms with E-state index in [0.29, 0.717) is 0 Å².